The fourth-order valence-corrected chi connectivity index (χ4v) is 8.49. The van der Waals surface area contributed by atoms with E-state index < -0.39 is 0 Å². The molecule has 4 saturated heterocycles. The minimum atomic E-state index is -0.203. The summed E-state index contributed by atoms with van der Waals surface area (Å²) in [5.41, 5.74) is 2.41. The molecule has 10 atom stereocenters. The summed E-state index contributed by atoms with van der Waals surface area (Å²) >= 11 is 0. The van der Waals surface area contributed by atoms with E-state index >= 15 is 0 Å². The molecule has 1 aromatic rings. The molecular formula is C24H30N2O4. The lowest BCUT2D eigenvalue weighted by molar-refractivity contribution is -0.228. The van der Waals surface area contributed by atoms with Crippen molar-refractivity contribution in [2.24, 2.45) is 17.8 Å². The average molecular weight is 411 g/mol. The minimum absolute atomic E-state index is 0.122. The van der Waals surface area contributed by atoms with Crippen LogP contribution < -0.4 is 4.90 Å². The Kier molecular flexibility index (Phi) is 3.73. The van der Waals surface area contributed by atoms with Crippen LogP contribution in [0.2, 0.25) is 0 Å². The molecule has 160 valence electrons. The van der Waals surface area contributed by atoms with Gasteiger partial charge in [0.05, 0.1) is 11.5 Å². The van der Waals surface area contributed by atoms with E-state index in [9.17, 15) is 9.59 Å². The van der Waals surface area contributed by atoms with E-state index in [1.165, 1.54) is 18.2 Å². The number of esters is 2. The van der Waals surface area contributed by atoms with Crippen LogP contribution in [0.4, 0.5) is 5.69 Å². The SMILES string of the molecule is CC[C@H]1[C@@H]2C[C@H]3[C@@H]4N(C)c5ccccc5C45C[C@@H]([C@H]2[C@H]5OC(C)=O)N3[C@@H]1OC(C)=O. The molecule has 0 N–H and O–H groups in total. The highest BCUT2D eigenvalue weighted by atomic mass is 16.6. The number of likely N-dealkylation sites (N-methyl/N-ethyl adjacent to an activating group) is 1. The molecule has 5 aliphatic heterocycles. The smallest absolute Gasteiger partial charge is 0.304 e. The Hall–Kier alpha value is -2.08. The standard InChI is InChI=1S/C24H30N2O4/c1-5-14-15-10-18-21-24(16-8-6-7-9-17(16)25(21)4)11-19(20(15)22(24)29-12(2)27)26(18)23(14)30-13(3)28/h6-9,14-15,18-23H,5,10-11H2,1-4H3/t14-,15-,18-,19-,20-,21-,22+,23+,24?/m0/s1. The van der Waals surface area contributed by atoms with Gasteiger partial charge in [0.1, 0.15) is 6.10 Å². The summed E-state index contributed by atoms with van der Waals surface area (Å²) in [7, 11) is 2.18. The lowest BCUT2D eigenvalue weighted by Gasteiger charge is -2.62. The van der Waals surface area contributed by atoms with Gasteiger partial charge in [-0.25, -0.2) is 0 Å². The zero-order chi connectivity index (χ0) is 20.9. The monoisotopic (exact) mass is 410 g/mol. The fraction of sp³-hybridized carbons (Fsp3) is 0.667. The number of carbonyl (C=O) groups is 2. The number of para-hydroxylation sites is 1. The van der Waals surface area contributed by atoms with Gasteiger partial charge in [0.15, 0.2) is 6.23 Å². The molecule has 5 heterocycles. The Morgan fingerprint density at radius 1 is 1.13 bits per heavy atom. The quantitative estimate of drug-likeness (QED) is 0.714. The lowest BCUT2D eigenvalue weighted by atomic mass is 9.62. The van der Waals surface area contributed by atoms with Gasteiger partial charge in [-0.3, -0.25) is 14.5 Å². The van der Waals surface area contributed by atoms with E-state index in [0.717, 1.165) is 19.3 Å². The number of ether oxygens (including phenoxy) is 2. The van der Waals surface area contributed by atoms with Crippen molar-refractivity contribution >= 4 is 17.6 Å². The second-order valence-electron chi connectivity index (χ2n) is 9.98. The van der Waals surface area contributed by atoms with Crippen LogP contribution >= 0.6 is 0 Å². The molecule has 1 aliphatic carbocycles. The summed E-state index contributed by atoms with van der Waals surface area (Å²) in [5, 5.41) is 0. The molecule has 6 nitrogen and oxygen atoms in total. The Morgan fingerprint density at radius 3 is 2.57 bits per heavy atom. The van der Waals surface area contributed by atoms with Crippen molar-refractivity contribution in [2.75, 3.05) is 11.9 Å². The van der Waals surface area contributed by atoms with Crippen molar-refractivity contribution in [1.29, 1.82) is 0 Å². The van der Waals surface area contributed by atoms with Crippen molar-refractivity contribution in [2.45, 2.75) is 75.9 Å². The normalized spacial score (nSPS) is 46.5. The summed E-state index contributed by atoms with van der Waals surface area (Å²) in [6.07, 6.45) is 2.72. The third kappa shape index (κ3) is 1.99. The van der Waals surface area contributed by atoms with Gasteiger partial charge in [-0.05, 0) is 36.8 Å². The van der Waals surface area contributed by atoms with Crippen LogP contribution in [0.3, 0.4) is 0 Å². The molecule has 2 unspecified atom stereocenters. The third-order valence-corrected chi connectivity index (χ3v) is 8.98. The van der Waals surface area contributed by atoms with Gasteiger partial charge in [0, 0.05) is 50.5 Å². The molecule has 5 bridgehead atoms. The summed E-state index contributed by atoms with van der Waals surface area (Å²) in [4.78, 5) is 29.2. The average Bonchev–Trinajstić information content (AvgIpc) is 3.10. The maximum Gasteiger partial charge on any atom is 0.304 e. The number of benzene rings is 1. The first-order valence-electron chi connectivity index (χ1n) is 11.3. The largest absolute Gasteiger partial charge is 0.461 e. The van der Waals surface area contributed by atoms with Crippen LogP contribution in [0, 0.1) is 17.8 Å². The highest BCUT2D eigenvalue weighted by Gasteiger charge is 2.78. The van der Waals surface area contributed by atoms with Crippen molar-refractivity contribution in [3.63, 3.8) is 0 Å². The summed E-state index contributed by atoms with van der Waals surface area (Å²) in [6, 6.07) is 9.46. The second kappa shape index (κ2) is 6.00. The molecule has 0 amide bonds. The topological polar surface area (TPSA) is 59.1 Å². The number of nitrogens with zero attached hydrogens (tertiary/aromatic N) is 2. The molecule has 1 spiro atoms. The molecule has 6 aliphatic rings. The summed E-state index contributed by atoms with van der Waals surface area (Å²) < 4.78 is 12.2. The van der Waals surface area contributed by atoms with Crippen molar-refractivity contribution in [3.8, 4) is 0 Å². The molecule has 5 fully saturated rings. The highest BCUT2D eigenvalue weighted by Crippen LogP contribution is 2.69. The van der Waals surface area contributed by atoms with E-state index in [1.54, 1.807) is 6.92 Å². The highest BCUT2D eigenvalue weighted by molar-refractivity contribution is 5.70. The Labute approximate surface area is 177 Å². The first-order valence-corrected chi connectivity index (χ1v) is 11.3. The fourth-order valence-electron chi connectivity index (χ4n) is 8.49. The van der Waals surface area contributed by atoms with Gasteiger partial charge < -0.3 is 14.4 Å². The first kappa shape index (κ1) is 18.7. The van der Waals surface area contributed by atoms with Gasteiger partial charge in [-0.2, -0.15) is 0 Å². The van der Waals surface area contributed by atoms with E-state index in [-0.39, 0.29) is 35.7 Å². The van der Waals surface area contributed by atoms with Gasteiger partial charge in [0.25, 0.3) is 0 Å². The molecule has 0 radical (unpaired) electrons. The number of carbonyl (C=O) groups excluding carboxylic acids is 2. The van der Waals surface area contributed by atoms with Gasteiger partial charge in [0.2, 0.25) is 0 Å². The number of rotatable bonds is 3. The van der Waals surface area contributed by atoms with Crippen LogP contribution in [0.1, 0.15) is 45.6 Å². The van der Waals surface area contributed by atoms with E-state index in [2.05, 4.69) is 48.0 Å². The number of anilines is 1. The predicted octanol–water partition coefficient (Wildman–Crippen LogP) is 2.70. The van der Waals surface area contributed by atoms with E-state index in [0.29, 0.717) is 29.8 Å². The second-order valence-corrected chi connectivity index (χ2v) is 9.98. The molecule has 30 heavy (non-hydrogen) atoms. The molecule has 7 rings (SSSR count). The number of hydrogen-bond acceptors (Lipinski definition) is 6. The van der Waals surface area contributed by atoms with Crippen molar-refractivity contribution < 1.29 is 19.1 Å². The number of piperidine rings is 4. The van der Waals surface area contributed by atoms with Crippen LogP contribution in [0.25, 0.3) is 0 Å². The molecule has 6 heteroatoms. The number of fused-ring (bicyclic) bond motifs is 2. The van der Waals surface area contributed by atoms with Crippen molar-refractivity contribution in [3.05, 3.63) is 29.8 Å². The van der Waals surface area contributed by atoms with E-state index in [1.807, 2.05) is 0 Å². The Bertz CT molecular complexity index is 934. The molecular weight excluding hydrogens is 380 g/mol. The van der Waals surface area contributed by atoms with Crippen LogP contribution in [0.15, 0.2) is 24.3 Å². The van der Waals surface area contributed by atoms with E-state index in [4.69, 9.17) is 9.47 Å². The maximum absolute atomic E-state index is 12.3. The minimum Gasteiger partial charge on any atom is -0.461 e. The van der Waals surface area contributed by atoms with Gasteiger partial charge in [-0.1, -0.05) is 25.1 Å². The van der Waals surface area contributed by atoms with Crippen molar-refractivity contribution in [1.82, 2.24) is 4.90 Å². The maximum atomic E-state index is 12.3. The Morgan fingerprint density at radius 2 is 1.87 bits per heavy atom. The summed E-state index contributed by atoms with van der Waals surface area (Å²) in [5.74, 6) is 0.608. The zero-order valence-electron chi connectivity index (χ0n) is 18.1. The Balaban J connectivity index is 1.56. The van der Waals surface area contributed by atoms with Gasteiger partial charge >= 0.3 is 11.9 Å². The molecule has 1 aromatic carbocycles. The summed E-state index contributed by atoms with van der Waals surface area (Å²) in [6.45, 7) is 5.26. The van der Waals surface area contributed by atoms with Crippen LogP contribution in [-0.2, 0) is 24.5 Å². The van der Waals surface area contributed by atoms with Crippen LogP contribution in [0.5, 0.6) is 0 Å². The third-order valence-electron chi connectivity index (χ3n) is 8.98. The zero-order valence-corrected chi connectivity index (χ0v) is 18.1. The predicted molar refractivity (Wildman–Crippen MR) is 111 cm³/mol. The molecule has 0 aromatic heterocycles. The first-order chi connectivity index (χ1) is 14.4. The lowest BCUT2D eigenvalue weighted by Crippen LogP contribution is -2.73. The molecule has 1 saturated carbocycles. The number of hydrogen-bond donors (Lipinski definition) is 0. The van der Waals surface area contributed by atoms with Gasteiger partial charge in [-0.15, -0.1) is 0 Å². The van der Waals surface area contributed by atoms with Crippen LogP contribution in [-0.4, -0.2) is 54.3 Å².